The normalized spacial score (nSPS) is 15.0. The second-order valence-electron chi connectivity index (χ2n) is 7.37. The highest BCUT2D eigenvalue weighted by atomic mass is 32.1. The first kappa shape index (κ1) is 22.3. The highest BCUT2D eigenvalue weighted by Gasteiger charge is 2.28. The van der Waals surface area contributed by atoms with E-state index in [1.807, 2.05) is 42.5 Å². The summed E-state index contributed by atoms with van der Waals surface area (Å²) in [7, 11) is 1.55. The smallest absolute Gasteiger partial charge is 0.460 e. The van der Waals surface area contributed by atoms with Crippen molar-refractivity contribution in [1.29, 1.82) is 0 Å². The molecule has 1 aliphatic rings. The van der Waals surface area contributed by atoms with Gasteiger partial charge in [0.15, 0.2) is 34.8 Å². The molecular weight excluding hydrogens is 474 g/mol. The monoisotopic (exact) mass is 493 g/mol. The number of nitrogens with zero attached hydrogens (tertiary/aromatic N) is 4. The number of carbonyl (C=O) groups excluding carboxylic acids is 1. The Balaban J connectivity index is 1.23. The summed E-state index contributed by atoms with van der Waals surface area (Å²) in [6, 6.07) is 16.3. The van der Waals surface area contributed by atoms with Crippen molar-refractivity contribution >= 4 is 28.1 Å². The number of ether oxygens (including phenoxy) is 2. The number of thiazole rings is 1. The number of oxime groups is 1. The first-order chi connectivity index (χ1) is 17.1. The summed E-state index contributed by atoms with van der Waals surface area (Å²) in [6.07, 6.45) is -0.791. The largest absolute Gasteiger partial charge is 0.485 e. The average Bonchev–Trinajstić information content (AvgIpc) is 3.46. The molecule has 0 aliphatic carbocycles. The van der Waals surface area contributed by atoms with E-state index in [-0.39, 0.29) is 24.9 Å². The number of carbonyl (C=O) groups is 1. The van der Waals surface area contributed by atoms with E-state index in [0.29, 0.717) is 33.6 Å². The van der Waals surface area contributed by atoms with E-state index in [2.05, 4.69) is 20.4 Å². The van der Waals surface area contributed by atoms with E-state index in [1.54, 1.807) is 24.6 Å². The van der Waals surface area contributed by atoms with E-state index in [1.165, 1.54) is 16.1 Å². The molecule has 1 aliphatic heterocycles. The van der Waals surface area contributed by atoms with Gasteiger partial charge in [-0.15, -0.1) is 11.3 Å². The summed E-state index contributed by atoms with van der Waals surface area (Å²) in [4.78, 5) is 37.9. The van der Waals surface area contributed by atoms with E-state index >= 15 is 0 Å². The van der Waals surface area contributed by atoms with Gasteiger partial charge in [-0.05, 0) is 12.1 Å². The molecule has 1 N–H and O–H groups in total. The van der Waals surface area contributed by atoms with Gasteiger partial charge in [0.1, 0.15) is 6.61 Å². The van der Waals surface area contributed by atoms with E-state index in [4.69, 9.17) is 18.8 Å². The molecule has 0 fully saturated rings. The second-order valence-corrected chi connectivity index (χ2v) is 8.23. The first-order valence-electron chi connectivity index (χ1n) is 10.5. The van der Waals surface area contributed by atoms with Crippen LogP contribution in [0.1, 0.15) is 17.1 Å². The van der Waals surface area contributed by atoms with E-state index < -0.39 is 11.9 Å². The van der Waals surface area contributed by atoms with Gasteiger partial charge >= 0.3 is 5.76 Å². The van der Waals surface area contributed by atoms with Gasteiger partial charge in [0.05, 0.1) is 5.69 Å². The van der Waals surface area contributed by atoms with Crippen molar-refractivity contribution in [3.05, 3.63) is 87.6 Å². The van der Waals surface area contributed by atoms with Crippen molar-refractivity contribution < 1.29 is 23.6 Å². The number of amides is 1. The lowest BCUT2D eigenvalue weighted by Crippen LogP contribution is -2.40. The Hall–Kier alpha value is -4.45. The fourth-order valence-electron chi connectivity index (χ4n) is 3.29. The highest BCUT2D eigenvalue weighted by molar-refractivity contribution is 7.13. The zero-order valence-electron chi connectivity index (χ0n) is 18.4. The van der Waals surface area contributed by atoms with Crippen molar-refractivity contribution in [2.75, 3.05) is 11.9 Å². The zero-order chi connectivity index (χ0) is 24.2. The minimum atomic E-state index is -0.791. The zero-order valence-corrected chi connectivity index (χ0v) is 19.2. The third-order valence-corrected chi connectivity index (χ3v) is 5.73. The molecule has 5 rings (SSSR count). The lowest BCUT2D eigenvalue weighted by molar-refractivity contribution is -0.125. The van der Waals surface area contributed by atoms with Crippen LogP contribution in [0.4, 0.5) is 5.13 Å². The quantitative estimate of drug-likeness (QED) is 0.307. The predicted molar refractivity (Wildman–Crippen MR) is 126 cm³/mol. The maximum Gasteiger partial charge on any atom is 0.460 e. The molecule has 12 heteroatoms. The van der Waals surface area contributed by atoms with E-state index in [0.717, 1.165) is 0 Å². The Labute approximate surface area is 202 Å². The molecule has 0 bridgehead atoms. The molecule has 11 nitrogen and oxygen atoms in total. The van der Waals surface area contributed by atoms with Crippen LogP contribution >= 0.6 is 11.3 Å². The molecule has 0 saturated carbocycles. The van der Waals surface area contributed by atoms with Crippen LogP contribution < -0.4 is 20.5 Å². The number of hydrogen-bond acceptors (Lipinski definition) is 10. The van der Waals surface area contributed by atoms with Crippen molar-refractivity contribution in [2.24, 2.45) is 12.2 Å². The Morgan fingerprint density at radius 2 is 1.94 bits per heavy atom. The molecule has 0 radical (unpaired) electrons. The van der Waals surface area contributed by atoms with Gasteiger partial charge < -0.3 is 18.8 Å². The summed E-state index contributed by atoms with van der Waals surface area (Å²) in [5.41, 5.74) is 1.58. The molecule has 0 saturated heterocycles. The second kappa shape index (κ2) is 9.81. The lowest BCUT2D eigenvalue weighted by atomic mass is 10.1. The SMILES string of the molecule is Cn1oc(=O)nc1C(=NOCc1csc(NC(=O)C2COc3ccccc3O2)n1)c1ccccc1. The summed E-state index contributed by atoms with van der Waals surface area (Å²) < 4.78 is 17.5. The highest BCUT2D eigenvalue weighted by Crippen LogP contribution is 2.31. The number of rotatable bonds is 7. The number of benzene rings is 2. The van der Waals surface area contributed by atoms with Gasteiger partial charge in [-0.3, -0.25) is 10.1 Å². The molecule has 3 heterocycles. The van der Waals surface area contributed by atoms with Crippen LogP contribution in [0.5, 0.6) is 11.5 Å². The molecule has 4 aromatic rings. The number of aryl methyl sites for hydroxylation is 1. The molecule has 35 heavy (non-hydrogen) atoms. The van der Waals surface area contributed by atoms with Gasteiger partial charge in [0.2, 0.25) is 6.10 Å². The number of hydrogen-bond donors (Lipinski definition) is 1. The molecule has 1 atom stereocenters. The minimum absolute atomic E-state index is 0.0327. The van der Waals surface area contributed by atoms with Crippen LogP contribution in [0.2, 0.25) is 0 Å². The maximum absolute atomic E-state index is 12.6. The van der Waals surface area contributed by atoms with Gasteiger partial charge in [0.25, 0.3) is 5.91 Å². The minimum Gasteiger partial charge on any atom is -0.485 e. The van der Waals surface area contributed by atoms with Crippen LogP contribution in [0.3, 0.4) is 0 Å². The standard InChI is InChI=1S/C23H19N5O6S/c1-28-20(25-23(30)34-28)19(14-7-3-2-4-8-14)27-32-11-15-13-35-22(24-15)26-21(29)18-12-31-16-9-5-6-10-17(16)33-18/h2-10,13,18H,11-12H2,1H3,(H,24,26,29). The first-order valence-corrected chi connectivity index (χ1v) is 11.4. The Bertz CT molecular complexity index is 1430. The Morgan fingerprint density at radius 3 is 2.71 bits per heavy atom. The fourth-order valence-corrected chi connectivity index (χ4v) is 3.98. The van der Waals surface area contributed by atoms with Crippen LogP contribution in [0.25, 0.3) is 0 Å². The molecule has 0 spiro atoms. The maximum atomic E-state index is 12.6. The van der Waals surface area contributed by atoms with Crippen molar-refractivity contribution in [1.82, 2.24) is 14.7 Å². The molecule has 2 aromatic heterocycles. The Morgan fingerprint density at radius 1 is 1.17 bits per heavy atom. The lowest BCUT2D eigenvalue weighted by Gasteiger charge is -2.25. The number of para-hydroxylation sites is 2. The van der Waals surface area contributed by atoms with Crippen LogP contribution in [0.15, 0.2) is 74.5 Å². The molecule has 1 amide bonds. The third kappa shape index (κ3) is 5.06. The summed E-state index contributed by atoms with van der Waals surface area (Å²) in [5, 5.41) is 9.04. The number of anilines is 1. The number of aromatic nitrogens is 3. The van der Waals surface area contributed by atoms with E-state index in [9.17, 15) is 9.59 Å². The summed E-state index contributed by atoms with van der Waals surface area (Å²) >= 11 is 1.24. The average molecular weight is 494 g/mol. The third-order valence-electron chi connectivity index (χ3n) is 4.92. The van der Waals surface area contributed by atoms with Crippen LogP contribution in [-0.4, -0.2) is 39.0 Å². The van der Waals surface area contributed by atoms with Crippen molar-refractivity contribution in [3.63, 3.8) is 0 Å². The predicted octanol–water partition coefficient (Wildman–Crippen LogP) is 2.58. The van der Waals surface area contributed by atoms with Gasteiger partial charge in [0, 0.05) is 18.0 Å². The van der Waals surface area contributed by atoms with Crippen LogP contribution in [0, 0.1) is 0 Å². The summed E-state index contributed by atoms with van der Waals surface area (Å²) in [5.74, 6) is 0.249. The van der Waals surface area contributed by atoms with Crippen molar-refractivity contribution in [2.45, 2.75) is 12.7 Å². The molecule has 178 valence electrons. The Kier molecular flexibility index (Phi) is 6.26. The summed E-state index contributed by atoms with van der Waals surface area (Å²) in [6.45, 7) is 0.136. The van der Waals surface area contributed by atoms with Gasteiger partial charge in [-0.2, -0.15) is 9.72 Å². The number of nitrogens with one attached hydrogen (secondary N) is 1. The molecule has 2 aromatic carbocycles. The number of fused-ring (bicyclic) bond motifs is 1. The van der Waals surface area contributed by atoms with Crippen molar-refractivity contribution in [3.8, 4) is 11.5 Å². The fraction of sp³-hybridized carbons (Fsp3) is 0.174. The van der Waals surface area contributed by atoms with Gasteiger partial charge in [-0.25, -0.2) is 9.78 Å². The van der Waals surface area contributed by atoms with Crippen LogP contribution in [-0.2, 0) is 23.3 Å². The molecule has 1 unspecified atom stereocenters. The topological polar surface area (TPSA) is 130 Å². The van der Waals surface area contributed by atoms with Gasteiger partial charge in [-0.1, -0.05) is 47.6 Å². The molecular formula is C23H19N5O6S.